The maximum Gasteiger partial charge on any atom is 0.410 e. The van der Waals surface area contributed by atoms with Crippen LogP contribution in [0.4, 0.5) is 10.5 Å². The highest BCUT2D eigenvalue weighted by atomic mass is 32.2. The van der Waals surface area contributed by atoms with Crippen LogP contribution in [0.2, 0.25) is 0 Å². The molecule has 0 saturated carbocycles. The van der Waals surface area contributed by atoms with Crippen LogP contribution in [0.5, 0.6) is 0 Å². The molecule has 1 fully saturated rings. The molecule has 3 aromatic carbocycles. The van der Waals surface area contributed by atoms with E-state index >= 15 is 0 Å². The van der Waals surface area contributed by atoms with Crippen molar-refractivity contribution in [3.05, 3.63) is 72.3 Å². The number of nitrogens with zero attached hydrogens (tertiary/aromatic N) is 5. The Balaban J connectivity index is 1.37. The van der Waals surface area contributed by atoms with Crippen molar-refractivity contribution < 1.29 is 17.9 Å². The fourth-order valence-electron chi connectivity index (χ4n) is 6.58. The van der Waals surface area contributed by atoms with Gasteiger partial charge in [-0.3, -0.25) is 4.90 Å². The number of carbonyl (C=O) groups is 1. The van der Waals surface area contributed by atoms with Gasteiger partial charge < -0.3 is 19.1 Å². The third kappa shape index (κ3) is 7.15. The molecule has 3 heterocycles. The van der Waals surface area contributed by atoms with E-state index in [1.807, 2.05) is 40.0 Å². The Morgan fingerprint density at radius 3 is 2.08 bits per heavy atom. The molecular formula is C38H47N5O4S. The number of fused-ring (bicyclic) bond motifs is 1. The van der Waals surface area contributed by atoms with Gasteiger partial charge in [-0.05, 0) is 106 Å². The number of sulfone groups is 1. The molecule has 0 aliphatic carbocycles. The zero-order valence-electron chi connectivity index (χ0n) is 29.2. The molecule has 0 atom stereocenters. The third-order valence-corrected chi connectivity index (χ3v) is 10.5. The fraction of sp³-hybridized carbons (Fsp3) is 0.421. The van der Waals surface area contributed by atoms with Crippen LogP contribution in [-0.2, 0) is 21.6 Å². The molecule has 0 N–H and O–H groups in total. The van der Waals surface area contributed by atoms with Crippen LogP contribution >= 0.6 is 0 Å². The van der Waals surface area contributed by atoms with Gasteiger partial charge in [0.15, 0.2) is 9.84 Å². The van der Waals surface area contributed by atoms with Gasteiger partial charge in [-0.2, -0.15) is 0 Å². The third-order valence-electron chi connectivity index (χ3n) is 9.34. The number of piperazine rings is 1. The molecule has 0 radical (unpaired) electrons. The van der Waals surface area contributed by atoms with Crippen LogP contribution in [0.3, 0.4) is 0 Å². The number of hydrogen-bond acceptors (Lipinski definition) is 7. The second kappa shape index (κ2) is 13.0. The van der Waals surface area contributed by atoms with E-state index in [0.717, 1.165) is 70.9 Å². The van der Waals surface area contributed by atoms with Gasteiger partial charge >= 0.3 is 6.09 Å². The first kappa shape index (κ1) is 33.7. The number of anilines is 1. The van der Waals surface area contributed by atoms with Crippen LogP contribution in [0.15, 0.2) is 71.6 Å². The van der Waals surface area contributed by atoms with E-state index in [-0.39, 0.29) is 11.0 Å². The zero-order chi connectivity index (χ0) is 34.4. The molecule has 0 unspecified atom stereocenters. The molecule has 2 aliphatic rings. The Hall–Kier alpha value is -4.15. The standard InChI is InChI=1S/C38H47N5O4S/c1-26(2)41-20-22-42(23-21-41)31-12-8-27(9-13-31)30-24-33(28-16-18-43(19-17-28)37(44)47-38(3,4)5)35-34(25-30)40(6)36(39-35)29-10-14-32(15-11-29)48(7,45)46/h8-16,24-26H,17-23H2,1-7H3. The van der Waals surface area contributed by atoms with Crippen molar-refractivity contribution in [3.8, 4) is 22.5 Å². The summed E-state index contributed by atoms with van der Waals surface area (Å²) in [4.78, 5) is 24.9. The van der Waals surface area contributed by atoms with Crippen molar-refractivity contribution >= 4 is 38.2 Å². The first-order chi connectivity index (χ1) is 22.7. The summed E-state index contributed by atoms with van der Waals surface area (Å²) >= 11 is 0. The summed E-state index contributed by atoms with van der Waals surface area (Å²) in [5.74, 6) is 0.756. The maximum atomic E-state index is 12.8. The minimum absolute atomic E-state index is 0.278. The fourth-order valence-corrected chi connectivity index (χ4v) is 7.21. The highest BCUT2D eigenvalue weighted by Gasteiger charge is 2.26. The Labute approximate surface area is 284 Å². The van der Waals surface area contributed by atoms with Gasteiger partial charge in [0.05, 0.1) is 15.9 Å². The average molecular weight is 670 g/mol. The van der Waals surface area contributed by atoms with Crippen molar-refractivity contribution in [2.24, 2.45) is 7.05 Å². The van der Waals surface area contributed by atoms with Gasteiger partial charge in [-0.1, -0.05) is 18.2 Å². The smallest absolute Gasteiger partial charge is 0.410 e. The summed E-state index contributed by atoms with van der Waals surface area (Å²) in [6, 6.07) is 20.7. The summed E-state index contributed by atoms with van der Waals surface area (Å²) in [6.45, 7) is 15.3. The molecule has 0 spiro atoms. The second-order valence-electron chi connectivity index (χ2n) is 14.3. The lowest BCUT2D eigenvalue weighted by Gasteiger charge is -2.38. The Morgan fingerprint density at radius 2 is 1.52 bits per heavy atom. The predicted octanol–water partition coefficient (Wildman–Crippen LogP) is 6.87. The number of ether oxygens (including phenoxy) is 1. The number of amides is 1. The van der Waals surface area contributed by atoms with Gasteiger partial charge in [-0.15, -0.1) is 0 Å². The SMILES string of the molecule is CC(C)N1CCN(c2ccc(-c3cc(C4=CCN(C(=O)OC(C)(C)C)CC4)c4nc(-c5ccc(S(C)(=O)=O)cc5)n(C)c4c3)cc2)CC1. The molecule has 1 saturated heterocycles. The molecule has 1 amide bonds. The molecule has 10 heteroatoms. The number of aryl methyl sites for hydroxylation is 1. The van der Waals surface area contributed by atoms with Crippen LogP contribution in [0.1, 0.15) is 46.6 Å². The monoisotopic (exact) mass is 669 g/mol. The summed E-state index contributed by atoms with van der Waals surface area (Å²) in [7, 11) is -1.31. The quantitative estimate of drug-likeness (QED) is 0.222. The van der Waals surface area contributed by atoms with Gasteiger partial charge in [0, 0.05) is 75.4 Å². The van der Waals surface area contributed by atoms with E-state index in [4.69, 9.17) is 9.72 Å². The number of carbonyl (C=O) groups excluding carboxylic acids is 1. The van der Waals surface area contributed by atoms with Crippen LogP contribution in [0, 0.1) is 0 Å². The minimum Gasteiger partial charge on any atom is -0.444 e. The molecule has 4 aromatic rings. The Kier molecular flexibility index (Phi) is 9.17. The maximum absolute atomic E-state index is 12.8. The summed E-state index contributed by atoms with van der Waals surface area (Å²) in [5.41, 5.74) is 7.76. The zero-order valence-corrected chi connectivity index (χ0v) is 30.0. The van der Waals surface area contributed by atoms with Gasteiger partial charge in [0.1, 0.15) is 11.4 Å². The highest BCUT2D eigenvalue weighted by Crippen LogP contribution is 2.37. The minimum atomic E-state index is -3.31. The van der Waals surface area contributed by atoms with Crippen molar-refractivity contribution in [1.82, 2.24) is 19.4 Å². The van der Waals surface area contributed by atoms with Crippen molar-refractivity contribution in [3.63, 3.8) is 0 Å². The number of imidazole rings is 1. The molecular weight excluding hydrogens is 623 g/mol. The topological polar surface area (TPSA) is 88.0 Å². The first-order valence-corrected chi connectivity index (χ1v) is 18.6. The first-order valence-electron chi connectivity index (χ1n) is 16.8. The normalized spacial score (nSPS) is 16.5. The lowest BCUT2D eigenvalue weighted by Crippen LogP contribution is -2.48. The molecule has 0 bridgehead atoms. The van der Waals surface area contributed by atoms with Gasteiger partial charge in [0.25, 0.3) is 0 Å². The van der Waals surface area contributed by atoms with Gasteiger partial charge in [-0.25, -0.2) is 18.2 Å². The molecule has 9 nitrogen and oxygen atoms in total. The number of aromatic nitrogens is 2. The molecule has 6 rings (SSSR count). The Morgan fingerprint density at radius 1 is 0.875 bits per heavy atom. The average Bonchev–Trinajstić information content (AvgIpc) is 3.39. The molecule has 48 heavy (non-hydrogen) atoms. The van der Waals surface area contributed by atoms with E-state index < -0.39 is 15.4 Å². The van der Waals surface area contributed by atoms with Gasteiger partial charge in [0.2, 0.25) is 0 Å². The summed E-state index contributed by atoms with van der Waals surface area (Å²) in [5, 5.41) is 0. The number of benzene rings is 3. The van der Waals surface area contributed by atoms with Crippen LogP contribution in [0.25, 0.3) is 39.1 Å². The van der Waals surface area contributed by atoms with Crippen molar-refractivity contribution in [2.75, 3.05) is 50.4 Å². The van der Waals surface area contributed by atoms with E-state index in [2.05, 4.69) is 70.7 Å². The van der Waals surface area contributed by atoms with E-state index in [1.54, 1.807) is 17.0 Å². The van der Waals surface area contributed by atoms with Crippen LogP contribution in [-0.4, -0.2) is 91.0 Å². The Bertz CT molecular complexity index is 1950. The van der Waals surface area contributed by atoms with Crippen LogP contribution < -0.4 is 4.90 Å². The van der Waals surface area contributed by atoms with Crippen molar-refractivity contribution in [1.29, 1.82) is 0 Å². The number of rotatable bonds is 6. The lowest BCUT2D eigenvalue weighted by molar-refractivity contribution is 0.0270. The lowest BCUT2D eigenvalue weighted by atomic mass is 9.94. The molecule has 254 valence electrons. The summed E-state index contributed by atoms with van der Waals surface area (Å²) in [6.07, 6.45) is 3.70. The number of hydrogen-bond donors (Lipinski definition) is 0. The molecule has 1 aromatic heterocycles. The predicted molar refractivity (Wildman–Crippen MR) is 194 cm³/mol. The molecule has 2 aliphatic heterocycles. The van der Waals surface area contributed by atoms with Crippen molar-refractivity contribution in [2.45, 2.75) is 57.6 Å². The second-order valence-corrected chi connectivity index (χ2v) is 16.3. The van der Waals surface area contributed by atoms with E-state index in [0.29, 0.717) is 25.6 Å². The highest BCUT2D eigenvalue weighted by molar-refractivity contribution is 7.90. The van der Waals surface area contributed by atoms with E-state index in [1.165, 1.54) is 11.9 Å². The van der Waals surface area contributed by atoms with E-state index in [9.17, 15) is 13.2 Å². The largest absolute Gasteiger partial charge is 0.444 e. The summed E-state index contributed by atoms with van der Waals surface area (Å²) < 4.78 is 31.9.